The Kier molecular flexibility index (Phi) is 6.34. The topological polar surface area (TPSA) is 58.2 Å². The second-order valence-corrected chi connectivity index (χ2v) is 8.27. The van der Waals surface area contributed by atoms with E-state index in [0.717, 1.165) is 42.0 Å². The highest BCUT2D eigenvalue weighted by Crippen LogP contribution is 2.24. The van der Waals surface area contributed by atoms with Crippen molar-refractivity contribution < 1.29 is 9.59 Å². The molecule has 2 N–H and O–H groups in total. The standard InChI is InChI=1S/C25H25ClN2O2/c26-23-14-13-20(16-22(23)25(30)28-19-10-2-1-3-11-19)27-24(29)15-18-9-6-8-17-7-4-5-12-21(17)18/h4-9,12-14,16,19H,1-3,10-11,15H2,(H,27,29)(H,28,30). The van der Waals surface area contributed by atoms with Crippen LogP contribution in [-0.2, 0) is 11.2 Å². The predicted octanol–water partition coefficient (Wildman–Crippen LogP) is 5.74. The molecule has 0 spiro atoms. The molecule has 0 unspecified atom stereocenters. The summed E-state index contributed by atoms with van der Waals surface area (Å²) < 4.78 is 0. The Morgan fingerprint density at radius 3 is 2.53 bits per heavy atom. The number of halogens is 1. The van der Waals surface area contributed by atoms with Crippen LogP contribution in [0.15, 0.2) is 60.7 Å². The van der Waals surface area contributed by atoms with Crippen molar-refractivity contribution in [1.29, 1.82) is 0 Å². The average Bonchev–Trinajstić information content (AvgIpc) is 2.76. The summed E-state index contributed by atoms with van der Waals surface area (Å²) in [6, 6.07) is 19.2. The number of amides is 2. The first-order valence-corrected chi connectivity index (χ1v) is 10.8. The summed E-state index contributed by atoms with van der Waals surface area (Å²) in [4.78, 5) is 25.4. The lowest BCUT2D eigenvalue weighted by Gasteiger charge is -2.23. The number of hydrogen-bond donors (Lipinski definition) is 2. The molecule has 0 saturated heterocycles. The minimum absolute atomic E-state index is 0.132. The lowest BCUT2D eigenvalue weighted by Crippen LogP contribution is -2.36. The molecule has 0 heterocycles. The molecule has 5 heteroatoms. The smallest absolute Gasteiger partial charge is 0.253 e. The van der Waals surface area contributed by atoms with Crippen LogP contribution in [-0.4, -0.2) is 17.9 Å². The van der Waals surface area contributed by atoms with Crippen LogP contribution in [0.25, 0.3) is 10.8 Å². The molecule has 0 aromatic heterocycles. The average molecular weight is 421 g/mol. The molecule has 4 rings (SSSR count). The maximum absolute atomic E-state index is 12.7. The summed E-state index contributed by atoms with van der Waals surface area (Å²) in [6.07, 6.45) is 5.78. The van der Waals surface area contributed by atoms with E-state index in [1.165, 1.54) is 6.42 Å². The van der Waals surface area contributed by atoms with Gasteiger partial charge in [-0.1, -0.05) is 73.3 Å². The van der Waals surface area contributed by atoms with Gasteiger partial charge in [0.1, 0.15) is 0 Å². The number of rotatable bonds is 5. The number of benzene rings is 3. The normalized spacial score (nSPS) is 14.4. The van der Waals surface area contributed by atoms with Crippen molar-refractivity contribution in [3.8, 4) is 0 Å². The number of nitrogens with one attached hydrogen (secondary N) is 2. The second kappa shape index (κ2) is 9.31. The molecule has 1 aliphatic rings. The van der Waals surface area contributed by atoms with Gasteiger partial charge >= 0.3 is 0 Å². The van der Waals surface area contributed by atoms with Crippen molar-refractivity contribution in [2.45, 2.75) is 44.6 Å². The quantitative estimate of drug-likeness (QED) is 0.553. The van der Waals surface area contributed by atoms with Gasteiger partial charge in [-0.25, -0.2) is 0 Å². The van der Waals surface area contributed by atoms with Gasteiger partial charge in [-0.2, -0.15) is 0 Å². The maximum Gasteiger partial charge on any atom is 0.253 e. The van der Waals surface area contributed by atoms with Crippen molar-refractivity contribution >= 4 is 39.9 Å². The molecule has 3 aromatic carbocycles. The van der Waals surface area contributed by atoms with E-state index in [9.17, 15) is 9.59 Å². The van der Waals surface area contributed by atoms with Gasteiger partial charge in [-0.3, -0.25) is 9.59 Å². The Labute approximate surface area is 181 Å². The third-order valence-corrected chi connectivity index (χ3v) is 6.00. The van der Waals surface area contributed by atoms with Crippen LogP contribution in [0, 0.1) is 0 Å². The summed E-state index contributed by atoms with van der Waals surface area (Å²) in [5, 5.41) is 8.54. The summed E-state index contributed by atoms with van der Waals surface area (Å²) in [6.45, 7) is 0. The molecule has 1 aliphatic carbocycles. The van der Waals surface area contributed by atoms with Gasteiger partial charge in [0.25, 0.3) is 5.91 Å². The molecule has 0 aliphatic heterocycles. The van der Waals surface area contributed by atoms with E-state index in [0.29, 0.717) is 16.3 Å². The largest absolute Gasteiger partial charge is 0.349 e. The van der Waals surface area contributed by atoms with E-state index in [1.54, 1.807) is 18.2 Å². The van der Waals surface area contributed by atoms with Crippen LogP contribution in [0.3, 0.4) is 0 Å². The van der Waals surface area contributed by atoms with Gasteiger partial charge in [0.2, 0.25) is 5.91 Å². The van der Waals surface area contributed by atoms with E-state index in [4.69, 9.17) is 11.6 Å². The van der Waals surface area contributed by atoms with E-state index in [2.05, 4.69) is 10.6 Å². The van der Waals surface area contributed by atoms with Crippen LogP contribution >= 0.6 is 11.6 Å². The van der Waals surface area contributed by atoms with Crippen LogP contribution in [0.4, 0.5) is 5.69 Å². The molecule has 4 nitrogen and oxygen atoms in total. The van der Waals surface area contributed by atoms with Crippen molar-refractivity contribution in [3.05, 3.63) is 76.8 Å². The van der Waals surface area contributed by atoms with Crippen LogP contribution in [0.5, 0.6) is 0 Å². The number of hydrogen-bond acceptors (Lipinski definition) is 2. The number of carbonyl (C=O) groups is 2. The molecule has 30 heavy (non-hydrogen) atoms. The van der Waals surface area contributed by atoms with Crippen molar-refractivity contribution in [1.82, 2.24) is 5.32 Å². The number of anilines is 1. The summed E-state index contributed by atoms with van der Waals surface area (Å²) in [5.41, 5.74) is 1.93. The van der Waals surface area contributed by atoms with Gasteiger partial charge in [0.15, 0.2) is 0 Å². The van der Waals surface area contributed by atoms with E-state index in [-0.39, 0.29) is 24.3 Å². The second-order valence-electron chi connectivity index (χ2n) is 7.87. The van der Waals surface area contributed by atoms with Gasteiger partial charge in [-0.05, 0) is 47.4 Å². The minimum atomic E-state index is -0.183. The highest BCUT2D eigenvalue weighted by molar-refractivity contribution is 6.34. The molecular weight excluding hydrogens is 396 g/mol. The van der Waals surface area contributed by atoms with Gasteiger partial charge < -0.3 is 10.6 Å². The fourth-order valence-electron chi connectivity index (χ4n) is 4.11. The van der Waals surface area contributed by atoms with Crippen LogP contribution in [0.1, 0.15) is 48.0 Å². The van der Waals surface area contributed by atoms with Gasteiger partial charge in [0.05, 0.1) is 17.0 Å². The molecule has 3 aromatic rings. The first-order chi connectivity index (χ1) is 14.6. The monoisotopic (exact) mass is 420 g/mol. The highest BCUT2D eigenvalue weighted by Gasteiger charge is 2.19. The van der Waals surface area contributed by atoms with Gasteiger partial charge in [-0.15, -0.1) is 0 Å². The summed E-state index contributed by atoms with van der Waals surface area (Å²) >= 11 is 6.27. The Balaban J connectivity index is 1.45. The zero-order valence-electron chi connectivity index (χ0n) is 16.8. The fraction of sp³-hybridized carbons (Fsp3) is 0.280. The molecule has 1 fully saturated rings. The number of carbonyl (C=O) groups excluding carboxylic acids is 2. The van der Waals surface area contributed by atoms with Crippen LogP contribution < -0.4 is 10.6 Å². The van der Waals surface area contributed by atoms with E-state index < -0.39 is 0 Å². The van der Waals surface area contributed by atoms with Crippen molar-refractivity contribution in [3.63, 3.8) is 0 Å². The molecule has 1 saturated carbocycles. The molecule has 2 amide bonds. The Bertz CT molecular complexity index is 1070. The van der Waals surface area contributed by atoms with E-state index in [1.807, 2.05) is 42.5 Å². The zero-order chi connectivity index (χ0) is 20.9. The third-order valence-electron chi connectivity index (χ3n) is 5.67. The first kappa shape index (κ1) is 20.4. The van der Waals surface area contributed by atoms with Crippen LogP contribution in [0.2, 0.25) is 5.02 Å². The summed E-state index contributed by atoms with van der Waals surface area (Å²) in [5.74, 6) is -0.315. The Morgan fingerprint density at radius 1 is 0.933 bits per heavy atom. The molecule has 0 radical (unpaired) electrons. The number of fused-ring (bicyclic) bond motifs is 1. The lowest BCUT2D eigenvalue weighted by molar-refractivity contribution is -0.115. The highest BCUT2D eigenvalue weighted by atomic mass is 35.5. The molecule has 0 atom stereocenters. The Morgan fingerprint density at radius 2 is 1.70 bits per heavy atom. The fourth-order valence-corrected chi connectivity index (χ4v) is 4.32. The predicted molar refractivity (Wildman–Crippen MR) is 122 cm³/mol. The first-order valence-electron chi connectivity index (χ1n) is 10.5. The molecule has 154 valence electrons. The maximum atomic E-state index is 12.7. The van der Waals surface area contributed by atoms with Gasteiger partial charge in [0, 0.05) is 11.7 Å². The minimum Gasteiger partial charge on any atom is -0.349 e. The lowest BCUT2D eigenvalue weighted by atomic mass is 9.95. The zero-order valence-corrected chi connectivity index (χ0v) is 17.5. The Hall–Kier alpha value is -2.85. The summed E-state index contributed by atoms with van der Waals surface area (Å²) in [7, 11) is 0. The molecular formula is C25H25ClN2O2. The van der Waals surface area contributed by atoms with E-state index >= 15 is 0 Å². The molecule has 0 bridgehead atoms. The van der Waals surface area contributed by atoms with Crippen molar-refractivity contribution in [2.24, 2.45) is 0 Å². The third kappa shape index (κ3) is 4.82. The van der Waals surface area contributed by atoms with Crippen molar-refractivity contribution in [2.75, 3.05) is 5.32 Å². The SMILES string of the molecule is O=C(Cc1cccc2ccccc12)Nc1ccc(Cl)c(C(=O)NC2CCCCC2)c1.